The zero-order chi connectivity index (χ0) is 15.1. The summed E-state index contributed by atoms with van der Waals surface area (Å²) in [6, 6.07) is 0.130. The fourth-order valence-electron chi connectivity index (χ4n) is 2.51. The number of amides is 2. The van der Waals surface area contributed by atoms with E-state index >= 15 is 0 Å². The second-order valence-electron chi connectivity index (χ2n) is 5.17. The molecule has 1 rings (SSSR count). The summed E-state index contributed by atoms with van der Waals surface area (Å²) in [6.45, 7) is 4.62. The lowest BCUT2D eigenvalue weighted by Crippen LogP contribution is -2.49. The predicted molar refractivity (Wildman–Crippen MR) is 75.2 cm³/mol. The maximum Gasteiger partial charge on any atom is 0.233 e. The Balaban J connectivity index is 2.58. The molecule has 1 aliphatic rings. The number of nitrogens with one attached hydrogen (secondary N) is 1. The lowest BCUT2D eigenvalue weighted by molar-refractivity contribution is -0.134. The molecule has 7 heteroatoms. The van der Waals surface area contributed by atoms with E-state index in [2.05, 4.69) is 10.5 Å². The second-order valence-corrected chi connectivity index (χ2v) is 5.17. The van der Waals surface area contributed by atoms with Crippen molar-refractivity contribution >= 4 is 17.6 Å². The quantitative estimate of drug-likeness (QED) is 0.291. The zero-order valence-electron chi connectivity index (χ0n) is 12.1. The Morgan fingerprint density at radius 2 is 2.05 bits per heavy atom. The lowest BCUT2D eigenvalue weighted by atomic mass is 9.98. The fourth-order valence-corrected chi connectivity index (χ4v) is 2.51. The summed E-state index contributed by atoms with van der Waals surface area (Å²) in [4.78, 5) is 25.1. The van der Waals surface area contributed by atoms with Crippen molar-refractivity contribution in [1.82, 2.24) is 10.2 Å². The summed E-state index contributed by atoms with van der Waals surface area (Å²) in [5.74, 6) is -0.720. The monoisotopic (exact) mass is 284 g/mol. The predicted octanol–water partition coefficient (Wildman–Crippen LogP) is 0.276. The topological polar surface area (TPSA) is 108 Å². The Bertz CT molecular complexity index is 376. The highest BCUT2D eigenvalue weighted by Gasteiger charge is 2.30. The summed E-state index contributed by atoms with van der Waals surface area (Å²) < 4.78 is 0. The average Bonchev–Trinajstić information content (AvgIpc) is 2.43. The van der Waals surface area contributed by atoms with Gasteiger partial charge in [0, 0.05) is 26.1 Å². The maximum atomic E-state index is 12.4. The number of carbonyl (C=O) groups excluding carboxylic acids is 2. The summed E-state index contributed by atoms with van der Waals surface area (Å²) in [6.07, 6.45) is 2.83. The molecule has 0 bridgehead atoms. The van der Waals surface area contributed by atoms with Crippen LogP contribution >= 0.6 is 0 Å². The van der Waals surface area contributed by atoms with Crippen molar-refractivity contribution in [2.24, 2.45) is 16.8 Å². The Morgan fingerprint density at radius 1 is 1.45 bits per heavy atom. The van der Waals surface area contributed by atoms with Crippen LogP contribution in [0, 0.1) is 5.92 Å². The van der Waals surface area contributed by atoms with Crippen molar-refractivity contribution in [2.45, 2.75) is 45.6 Å². The van der Waals surface area contributed by atoms with E-state index in [0.29, 0.717) is 19.5 Å². The van der Waals surface area contributed by atoms with Crippen molar-refractivity contribution < 1.29 is 14.8 Å². The van der Waals surface area contributed by atoms with Crippen molar-refractivity contribution in [1.29, 1.82) is 0 Å². The Morgan fingerprint density at radius 3 is 2.50 bits per heavy atom. The highest BCUT2D eigenvalue weighted by atomic mass is 16.4. The van der Waals surface area contributed by atoms with Crippen LogP contribution in [0.2, 0.25) is 0 Å². The Kier molecular flexibility index (Phi) is 6.27. The molecule has 114 valence electrons. The van der Waals surface area contributed by atoms with Crippen LogP contribution in [0.25, 0.3) is 0 Å². The summed E-state index contributed by atoms with van der Waals surface area (Å²) in [5, 5.41) is 14.6. The minimum Gasteiger partial charge on any atom is -0.409 e. The van der Waals surface area contributed by atoms with E-state index in [-0.39, 0.29) is 23.7 Å². The van der Waals surface area contributed by atoms with Crippen molar-refractivity contribution in [2.75, 3.05) is 13.1 Å². The molecule has 7 nitrogen and oxygen atoms in total. The minimum atomic E-state index is -0.553. The first kappa shape index (κ1) is 16.3. The number of oxime groups is 1. The van der Waals surface area contributed by atoms with E-state index in [0.717, 1.165) is 19.3 Å². The molecule has 0 aliphatic carbocycles. The van der Waals surface area contributed by atoms with Gasteiger partial charge in [0.1, 0.15) is 0 Å². The van der Waals surface area contributed by atoms with Crippen LogP contribution in [0.4, 0.5) is 0 Å². The van der Waals surface area contributed by atoms with Crippen LogP contribution in [0.1, 0.15) is 39.5 Å². The van der Waals surface area contributed by atoms with Gasteiger partial charge in [-0.3, -0.25) is 9.59 Å². The minimum absolute atomic E-state index is 0.0270. The molecule has 1 atom stereocenters. The number of hydrogen-bond acceptors (Lipinski definition) is 4. The van der Waals surface area contributed by atoms with Gasteiger partial charge in [0.2, 0.25) is 11.8 Å². The Hall–Kier alpha value is -1.79. The zero-order valence-corrected chi connectivity index (χ0v) is 12.1. The number of nitrogens with zero attached hydrogens (tertiary/aromatic N) is 2. The molecule has 0 radical (unpaired) electrons. The van der Waals surface area contributed by atoms with E-state index in [4.69, 9.17) is 10.9 Å². The molecule has 2 amide bonds. The number of rotatable bonds is 5. The molecular weight excluding hydrogens is 260 g/mol. The van der Waals surface area contributed by atoms with Gasteiger partial charge in [-0.1, -0.05) is 18.5 Å². The van der Waals surface area contributed by atoms with Crippen molar-refractivity contribution in [3.05, 3.63) is 0 Å². The van der Waals surface area contributed by atoms with Crippen molar-refractivity contribution in [3.8, 4) is 0 Å². The molecule has 1 fully saturated rings. The maximum absolute atomic E-state index is 12.4. The lowest BCUT2D eigenvalue weighted by Gasteiger charge is -2.34. The molecule has 4 N–H and O–H groups in total. The molecular formula is C13H24N4O3. The molecule has 0 aromatic carbocycles. The van der Waals surface area contributed by atoms with Gasteiger partial charge in [-0.25, -0.2) is 0 Å². The Labute approximate surface area is 119 Å². The van der Waals surface area contributed by atoms with Gasteiger partial charge >= 0.3 is 0 Å². The second kappa shape index (κ2) is 7.72. The molecule has 0 aromatic heterocycles. The molecule has 1 heterocycles. The summed E-state index contributed by atoms with van der Waals surface area (Å²) >= 11 is 0. The summed E-state index contributed by atoms with van der Waals surface area (Å²) in [7, 11) is 0. The highest BCUT2D eigenvalue weighted by molar-refractivity contribution is 6.02. The largest absolute Gasteiger partial charge is 0.409 e. The molecule has 0 aromatic rings. The van der Waals surface area contributed by atoms with Gasteiger partial charge in [-0.15, -0.1) is 0 Å². The van der Waals surface area contributed by atoms with E-state index in [9.17, 15) is 9.59 Å². The molecule has 0 spiro atoms. The average molecular weight is 284 g/mol. The number of amidine groups is 1. The van der Waals surface area contributed by atoms with E-state index in [1.54, 1.807) is 4.90 Å². The van der Waals surface area contributed by atoms with E-state index in [1.807, 2.05) is 6.92 Å². The number of piperidine rings is 1. The van der Waals surface area contributed by atoms with Gasteiger partial charge in [0.25, 0.3) is 0 Å². The van der Waals surface area contributed by atoms with Crippen LogP contribution in [0.3, 0.4) is 0 Å². The van der Waals surface area contributed by atoms with Gasteiger partial charge < -0.3 is 21.2 Å². The first-order valence-electron chi connectivity index (χ1n) is 7.02. The van der Waals surface area contributed by atoms with Gasteiger partial charge in [-0.05, 0) is 19.3 Å². The van der Waals surface area contributed by atoms with Crippen LogP contribution in [0.5, 0.6) is 0 Å². The van der Waals surface area contributed by atoms with Crippen LogP contribution in [0.15, 0.2) is 5.16 Å². The third-order valence-electron chi connectivity index (χ3n) is 3.56. The number of nitrogens with two attached hydrogens (primary N) is 1. The highest BCUT2D eigenvalue weighted by Crippen LogP contribution is 2.16. The fraction of sp³-hybridized carbons (Fsp3) is 0.769. The van der Waals surface area contributed by atoms with Gasteiger partial charge in [-0.2, -0.15) is 0 Å². The first-order chi connectivity index (χ1) is 9.49. The number of likely N-dealkylation sites (tertiary alicyclic amines) is 1. The summed E-state index contributed by atoms with van der Waals surface area (Å²) in [5.41, 5.74) is 5.60. The van der Waals surface area contributed by atoms with Crippen molar-refractivity contribution in [3.63, 3.8) is 0 Å². The number of hydrogen-bond donors (Lipinski definition) is 3. The molecule has 1 aliphatic heterocycles. The molecule has 0 saturated carbocycles. The number of carbonyl (C=O) groups is 2. The van der Waals surface area contributed by atoms with E-state index < -0.39 is 5.92 Å². The third kappa shape index (κ3) is 4.40. The van der Waals surface area contributed by atoms with E-state index in [1.165, 1.54) is 6.92 Å². The van der Waals surface area contributed by atoms with Gasteiger partial charge in [0.05, 0.1) is 5.92 Å². The first-order valence-corrected chi connectivity index (χ1v) is 7.02. The van der Waals surface area contributed by atoms with Crippen LogP contribution < -0.4 is 11.1 Å². The van der Waals surface area contributed by atoms with Crippen LogP contribution in [-0.2, 0) is 9.59 Å². The standard InChI is InChI=1S/C13H24N4O3/c1-3-4-11(12(14)16-20)13(19)17-7-5-10(6-8-17)15-9(2)18/h10-11,20H,3-8H2,1-2H3,(H2,14,16)(H,15,18). The molecule has 20 heavy (non-hydrogen) atoms. The van der Waals surface area contributed by atoms with Crippen LogP contribution in [-0.4, -0.2) is 46.9 Å². The SMILES string of the molecule is CCCC(C(=O)N1CCC(NC(C)=O)CC1)C(N)=NO. The molecule has 1 unspecified atom stereocenters. The third-order valence-corrected chi connectivity index (χ3v) is 3.56. The normalized spacial score (nSPS) is 18.7. The smallest absolute Gasteiger partial charge is 0.233 e. The molecule has 1 saturated heterocycles. The van der Waals surface area contributed by atoms with Gasteiger partial charge in [0.15, 0.2) is 5.84 Å².